The van der Waals surface area contributed by atoms with Crippen molar-refractivity contribution in [3.05, 3.63) is 100 Å². The number of methoxy groups -OCH3 is 2. The lowest BCUT2D eigenvalue weighted by molar-refractivity contribution is -0.0932. The fourth-order valence-electron chi connectivity index (χ4n) is 7.11. The van der Waals surface area contributed by atoms with Crippen molar-refractivity contribution in [2.45, 2.75) is 76.7 Å². The molecule has 1 saturated heterocycles. The van der Waals surface area contributed by atoms with Gasteiger partial charge < -0.3 is 32.9 Å². The number of hydrogen-bond donors (Lipinski definition) is 0. The van der Waals surface area contributed by atoms with E-state index < -0.39 is 32.6 Å². The number of benzene rings is 3. The molecule has 1 fully saturated rings. The molecule has 3 heterocycles. The summed E-state index contributed by atoms with van der Waals surface area (Å²) < 4.78 is 43.3. The van der Waals surface area contributed by atoms with Crippen molar-refractivity contribution in [1.82, 2.24) is 34.8 Å². The molecule has 3 aromatic carbocycles. The van der Waals surface area contributed by atoms with Crippen molar-refractivity contribution in [3.8, 4) is 17.6 Å². The van der Waals surface area contributed by atoms with Crippen LogP contribution >= 0.6 is 24.5 Å². The van der Waals surface area contributed by atoms with Crippen LogP contribution in [0, 0.1) is 11.3 Å². The first-order chi connectivity index (χ1) is 28.5. The third kappa shape index (κ3) is 9.90. The molecular weight excluding hydrogens is 837 g/mol. The Labute approximate surface area is 355 Å². The minimum absolute atomic E-state index is 0.0850. The monoisotopic (exact) mass is 887 g/mol. The highest BCUT2D eigenvalue weighted by Crippen LogP contribution is 2.51. The van der Waals surface area contributed by atoms with Gasteiger partial charge in [-0.2, -0.15) is 10.4 Å². The van der Waals surface area contributed by atoms with Crippen LogP contribution in [0.1, 0.15) is 63.5 Å². The second kappa shape index (κ2) is 20.1. The van der Waals surface area contributed by atoms with E-state index in [9.17, 15) is 5.26 Å². The molecule has 15 nitrogen and oxygen atoms in total. The molecule has 1 aliphatic rings. The number of halogens is 1. The second-order valence-corrected chi connectivity index (χ2v) is 16.8. The molecule has 1 aliphatic heterocycles. The Balaban J connectivity index is 1.45. The Morgan fingerprint density at radius 3 is 2.12 bits per heavy atom. The number of nitriles is 1. The van der Waals surface area contributed by atoms with Gasteiger partial charge in [-0.05, 0) is 89.8 Å². The van der Waals surface area contributed by atoms with E-state index >= 15 is 0 Å². The molecule has 59 heavy (non-hydrogen) atoms. The van der Waals surface area contributed by atoms with Crippen LogP contribution in [0.4, 0.5) is 5.82 Å². The quantitative estimate of drug-likeness (QED) is 0.0258. The van der Waals surface area contributed by atoms with Crippen LogP contribution in [0.2, 0.25) is 0 Å². The predicted octanol–water partition coefficient (Wildman–Crippen LogP) is 8.18. The maximum atomic E-state index is 9.41. The lowest BCUT2D eigenvalue weighted by atomic mass is 9.80. The van der Waals surface area contributed by atoms with Crippen LogP contribution in [-0.4, -0.2) is 107 Å². The Morgan fingerprint density at radius 1 is 0.949 bits per heavy atom. The molecule has 0 bridgehead atoms. The molecule has 0 radical (unpaired) electrons. The van der Waals surface area contributed by atoms with Gasteiger partial charge in [-0.3, -0.25) is 0 Å². The lowest BCUT2D eigenvalue weighted by Gasteiger charge is -2.39. The van der Waals surface area contributed by atoms with E-state index in [0.29, 0.717) is 27.9 Å². The zero-order chi connectivity index (χ0) is 42.1. The van der Waals surface area contributed by atoms with Crippen LogP contribution in [0.15, 0.2) is 88.5 Å². The molecule has 0 amide bonds. The van der Waals surface area contributed by atoms with Gasteiger partial charge in [0.2, 0.25) is 0 Å². The smallest absolute Gasteiger partial charge is 0.259 e. The average molecular weight is 889 g/mol. The normalized spacial score (nSPS) is 17.6. The molecule has 2 aromatic heterocycles. The van der Waals surface area contributed by atoms with Gasteiger partial charge in [0.25, 0.3) is 8.53 Å². The van der Waals surface area contributed by atoms with Gasteiger partial charge in [-0.25, -0.2) is 14.3 Å². The summed E-state index contributed by atoms with van der Waals surface area (Å²) in [6, 6.07) is 28.3. The molecule has 6 rings (SSSR count). The van der Waals surface area contributed by atoms with Crippen molar-refractivity contribution in [2.24, 2.45) is 4.99 Å². The first-order valence-corrected chi connectivity index (χ1v) is 21.3. The Bertz CT molecular complexity index is 2130. The van der Waals surface area contributed by atoms with Crippen LogP contribution < -0.4 is 9.47 Å². The number of ether oxygens (including phenoxy) is 4. The minimum atomic E-state index is -1.65. The van der Waals surface area contributed by atoms with Crippen LogP contribution in [-0.2, 0) is 24.1 Å². The maximum Gasteiger partial charge on any atom is 0.259 e. The Morgan fingerprint density at radius 2 is 1.56 bits per heavy atom. The third-order valence-electron chi connectivity index (χ3n) is 9.73. The number of aromatic nitrogens is 5. The Kier molecular flexibility index (Phi) is 15.0. The fourth-order valence-corrected chi connectivity index (χ4v) is 9.39. The fraction of sp³-hybridized carbons (Fsp3) is 0.429. The molecule has 0 aliphatic carbocycles. The highest BCUT2D eigenvalue weighted by Gasteiger charge is 2.45. The predicted molar refractivity (Wildman–Crippen MR) is 230 cm³/mol. The van der Waals surface area contributed by atoms with E-state index in [-0.39, 0.29) is 31.7 Å². The zero-order valence-corrected chi connectivity index (χ0v) is 37.1. The molecule has 0 spiro atoms. The molecular formula is C42H51BrN9O6P. The first kappa shape index (κ1) is 44.0. The van der Waals surface area contributed by atoms with E-state index in [1.807, 2.05) is 80.8 Å². The van der Waals surface area contributed by atoms with Crippen molar-refractivity contribution >= 4 is 47.6 Å². The number of aliphatic imine (C=N–C) groups is 1. The van der Waals surface area contributed by atoms with Gasteiger partial charge in [0, 0.05) is 32.6 Å². The van der Waals surface area contributed by atoms with E-state index in [1.54, 1.807) is 30.1 Å². The lowest BCUT2D eigenvalue weighted by Crippen LogP contribution is -2.39. The first-order valence-electron chi connectivity index (χ1n) is 19.4. The van der Waals surface area contributed by atoms with Crippen molar-refractivity contribution in [3.63, 3.8) is 0 Å². The van der Waals surface area contributed by atoms with E-state index in [4.69, 9.17) is 33.1 Å². The van der Waals surface area contributed by atoms with Gasteiger partial charge in [-0.15, -0.1) is 10.2 Å². The molecule has 0 N–H and O–H groups in total. The molecule has 1 unspecified atom stereocenters. The summed E-state index contributed by atoms with van der Waals surface area (Å²) in [5.74, 6) is 1.80. The van der Waals surface area contributed by atoms with Crippen molar-refractivity contribution in [1.29, 1.82) is 5.26 Å². The summed E-state index contributed by atoms with van der Waals surface area (Å²) in [5, 5.41) is 27.4. The molecule has 4 atom stereocenters. The van der Waals surface area contributed by atoms with Crippen LogP contribution in [0.3, 0.4) is 0 Å². The summed E-state index contributed by atoms with van der Waals surface area (Å²) in [7, 11) is 5.39. The highest BCUT2D eigenvalue weighted by molar-refractivity contribution is 9.10. The number of rotatable bonds is 19. The number of hydrogen-bond acceptors (Lipinski definition) is 13. The summed E-state index contributed by atoms with van der Waals surface area (Å²) in [6.07, 6.45) is 0.401. The standard InChI is InChI=1S/C42H51BrN9O6P/c1-28(2)52(29(3)4)59(56-24-12-23-44)58-35-25-37(51-41-38(39(43)48-51)40(46-49-47-41)45-27-50(5)6)57-36(35)26-55-42(30-13-10-9-11-14-30,31-15-19-33(53-7)20-16-31)32-17-21-34(54-8)22-18-32/h9-11,13-22,27-29,35-37H,12,24-26H2,1-8H3/b45-27+/t35-,36+,37+,59?/m0/s1. The zero-order valence-electron chi connectivity index (χ0n) is 34.6. The molecule has 5 aromatic rings. The summed E-state index contributed by atoms with van der Waals surface area (Å²) in [4.78, 5) is 6.32. The number of fused-ring (bicyclic) bond motifs is 1. The Hall–Kier alpha value is -4.59. The number of nitrogens with zero attached hydrogens (tertiary/aromatic N) is 9. The van der Waals surface area contributed by atoms with E-state index in [0.717, 1.165) is 28.2 Å². The van der Waals surface area contributed by atoms with Crippen LogP contribution in [0.5, 0.6) is 11.5 Å². The summed E-state index contributed by atoms with van der Waals surface area (Å²) in [6.45, 7) is 8.73. The summed E-state index contributed by atoms with van der Waals surface area (Å²) >= 11 is 3.63. The van der Waals surface area contributed by atoms with Gasteiger partial charge >= 0.3 is 0 Å². The average Bonchev–Trinajstić information content (AvgIpc) is 3.80. The van der Waals surface area contributed by atoms with Gasteiger partial charge in [-0.1, -0.05) is 54.6 Å². The van der Waals surface area contributed by atoms with Crippen molar-refractivity contribution in [2.75, 3.05) is 41.5 Å². The molecule has 312 valence electrons. The SMILES string of the molecule is COc1ccc(C(OC[C@H]2O[C@@H](n3nc(Br)c4c(/N=C/N(C)C)nnnc43)C[C@@H]2OP(OCCC#N)N(C(C)C)C(C)C)(c2ccccc2)c2ccc(OC)cc2)cc1. The largest absolute Gasteiger partial charge is 0.497 e. The third-order valence-corrected chi connectivity index (χ3v) is 12.4. The van der Waals surface area contributed by atoms with Crippen LogP contribution in [0.25, 0.3) is 11.0 Å². The molecule has 17 heteroatoms. The summed E-state index contributed by atoms with van der Waals surface area (Å²) in [5.41, 5.74) is 2.00. The highest BCUT2D eigenvalue weighted by atomic mass is 79.9. The van der Waals surface area contributed by atoms with Gasteiger partial charge in [0.15, 0.2) is 17.7 Å². The van der Waals surface area contributed by atoms with Gasteiger partial charge in [0.1, 0.15) is 33.2 Å². The topological polar surface area (TPSA) is 154 Å². The molecule has 0 saturated carbocycles. The minimum Gasteiger partial charge on any atom is -0.497 e. The van der Waals surface area contributed by atoms with E-state index in [2.05, 4.69) is 86.9 Å². The maximum absolute atomic E-state index is 9.41. The van der Waals surface area contributed by atoms with Crippen molar-refractivity contribution < 1.29 is 28.0 Å². The second-order valence-electron chi connectivity index (χ2n) is 14.6. The van der Waals surface area contributed by atoms with Gasteiger partial charge in [0.05, 0.1) is 52.4 Å². The van der Waals surface area contributed by atoms with E-state index in [1.165, 1.54) is 0 Å².